The molecule has 1 aromatic rings. The summed E-state index contributed by atoms with van der Waals surface area (Å²) in [5, 5.41) is 11.4. The first-order valence-corrected chi connectivity index (χ1v) is 6.69. The molecule has 22 heavy (non-hydrogen) atoms. The van der Waals surface area contributed by atoms with E-state index < -0.39 is 29.6 Å². The molecule has 1 aromatic carbocycles. The zero-order valence-corrected chi connectivity index (χ0v) is 12.5. The standard InChI is InChI=1S/C14H16F2N2O3.ClH/c15-9-4-5-11(10(16)7-9)17-13(19)8-18-6-2-1-3-12(18)14(20)21;/h4-5,7,12H,1-3,6,8H2,(H,17,19)(H,20,21);1H. The SMILES string of the molecule is Cl.O=C(CN1CCCCC1C(=O)O)Nc1ccc(F)cc1F. The lowest BCUT2D eigenvalue weighted by Gasteiger charge is -2.32. The normalized spacial score (nSPS) is 18.4. The molecule has 0 aliphatic carbocycles. The summed E-state index contributed by atoms with van der Waals surface area (Å²) in [4.78, 5) is 24.6. The first kappa shape index (κ1) is 18.3. The van der Waals surface area contributed by atoms with Gasteiger partial charge in [0.1, 0.15) is 17.7 Å². The molecule has 0 radical (unpaired) electrons. The third kappa shape index (κ3) is 4.64. The Morgan fingerprint density at radius 3 is 2.68 bits per heavy atom. The van der Waals surface area contributed by atoms with E-state index in [1.807, 2.05) is 0 Å². The summed E-state index contributed by atoms with van der Waals surface area (Å²) in [7, 11) is 0. The number of likely N-dealkylation sites (tertiary alicyclic amines) is 1. The van der Waals surface area contributed by atoms with Gasteiger partial charge < -0.3 is 10.4 Å². The second-order valence-corrected chi connectivity index (χ2v) is 4.99. The van der Waals surface area contributed by atoms with E-state index in [-0.39, 0.29) is 24.6 Å². The molecule has 0 spiro atoms. The number of anilines is 1. The number of aliphatic carboxylic acids is 1. The Kier molecular flexibility index (Phi) is 6.70. The van der Waals surface area contributed by atoms with Crippen molar-refractivity contribution in [2.45, 2.75) is 25.3 Å². The maximum atomic E-state index is 13.4. The van der Waals surface area contributed by atoms with E-state index in [1.54, 1.807) is 4.90 Å². The number of carboxylic acids is 1. The Morgan fingerprint density at radius 1 is 1.32 bits per heavy atom. The van der Waals surface area contributed by atoms with Crippen molar-refractivity contribution in [3.63, 3.8) is 0 Å². The van der Waals surface area contributed by atoms with Gasteiger partial charge in [-0.2, -0.15) is 0 Å². The summed E-state index contributed by atoms with van der Waals surface area (Å²) in [6.45, 7) is 0.379. The van der Waals surface area contributed by atoms with Crippen LogP contribution in [0.5, 0.6) is 0 Å². The van der Waals surface area contributed by atoms with Crippen molar-refractivity contribution in [1.29, 1.82) is 0 Å². The van der Waals surface area contributed by atoms with Gasteiger partial charge in [-0.3, -0.25) is 14.5 Å². The minimum atomic E-state index is -0.963. The Morgan fingerprint density at radius 2 is 2.05 bits per heavy atom. The number of halogens is 3. The van der Waals surface area contributed by atoms with Gasteiger partial charge >= 0.3 is 5.97 Å². The van der Waals surface area contributed by atoms with Gasteiger partial charge in [0, 0.05) is 6.07 Å². The lowest BCUT2D eigenvalue weighted by atomic mass is 10.0. The second-order valence-electron chi connectivity index (χ2n) is 4.99. The highest BCUT2D eigenvalue weighted by molar-refractivity contribution is 5.92. The molecule has 1 atom stereocenters. The van der Waals surface area contributed by atoms with E-state index in [2.05, 4.69) is 5.32 Å². The third-order valence-electron chi connectivity index (χ3n) is 3.45. The first-order valence-electron chi connectivity index (χ1n) is 6.69. The summed E-state index contributed by atoms with van der Waals surface area (Å²) < 4.78 is 26.2. The molecular weight excluding hydrogens is 318 g/mol. The predicted octanol–water partition coefficient (Wildman–Crippen LogP) is 2.26. The van der Waals surface area contributed by atoms with Crippen LogP contribution in [0.2, 0.25) is 0 Å². The lowest BCUT2D eigenvalue weighted by molar-refractivity contribution is -0.145. The Hall–Kier alpha value is -1.73. The van der Waals surface area contributed by atoms with Crippen LogP contribution in [0.1, 0.15) is 19.3 Å². The average Bonchev–Trinajstić information content (AvgIpc) is 2.42. The summed E-state index contributed by atoms with van der Waals surface area (Å²) in [6.07, 6.45) is 2.12. The third-order valence-corrected chi connectivity index (χ3v) is 3.45. The number of nitrogens with zero attached hydrogens (tertiary/aromatic N) is 1. The number of hydrogen-bond donors (Lipinski definition) is 2. The zero-order valence-electron chi connectivity index (χ0n) is 11.7. The molecule has 1 amide bonds. The van der Waals surface area contributed by atoms with Gasteiger partial charge in [-0.05, 0) is 31.5 Å². The molecule has 1 aliphatic rings. The van der Waals surface area contributed by atoms with Crippen molar-refractivity contribution in [3.05, 3.63) is 29.8 Å². The van der Waals surface area contributed by atoms with Crippen molar-refractivity contribution < 1.29 is 23.5 Å². The van der Waals surface area contributed by atoms with Crippen LogP contribution in [0.15, 0.2) is 18.2 Å². The van der Waals surface area contributed by atoms with Crippen LogP contribution in [-0.4, -0.2) is 41.0 Å². The molecule has 122 valence electrons. The fourth-order valence-electron chi connectivity index (χ4n) is 2.42. The largest absolute Gasteiger partial charge is 0.480 e. The molecule has 2 rings (SSSR count). The molecular formula is C14H17ClF2N2O3. The number of carbonyl (C=O) groups is 2. The van der Waals surface area contributed by atoms with Crippen LogP contribution < -0.4 is 5.32 Å². The molecule has 8 heteroatoms. The van der Waals surface area contributed by atoms with Crippen LogP contribution in [0.25, 0.3) is 0 Å². The summed E-state index contributed by atoms with van der Waals surface area (Å²) in [6, 6.07) is 2.16. The number of hydrogen-bond acceptors (Lipinski definition) is 3. The Balaban J connectivity index is 0.00000242. The number of benzene rings is 1. The average molecular weight is 335 g/mol. The van der Waals surface area contributed by atoms with Gasteiger partial charge in [-0.1, -0.05) is 6.42 Å². The van der Waals surface area contributed by atoms with Crippen molar-refractivity contribution in [2.75, 3.05) is 18.4 Å². The van der Waals surface area contributed by atoms with Gasteiger partial charge in [0.2, 0.25) is 5.91 Å². The van der Waals surface area contributed by atoms with E-state index in [9.17, 15) is 18.4 Å². The fraction of sp³-hybridized carbons (Fsp3) is 0.429. The molecule has 1 saturated heterocycles. The lowest BCUT2D eigenvalue weighted by Crippen LogP contribution is -2.47. The zero-order chi connectivity index (χ0) is 15.4. The Labute approximate surface area is 132 Å². The molecule has 5 nitrogen and oxygen atoms in total. The highest BCUT2D eigenvalue weighted by atomic mass is 35.5. The monoisotopic (exact) mass is 334 g/mol. The molecule has 0 saturated carbocycles. The van der Waals surface area contributed by atoms with Crippen LogP contribution in [-0.2, 0) is 9.59 Å². The predicted molar refractivity (Wildman–Crippen MR) is 79.1 cm³/mol. The number of carbonyl (C=O) groups excluding carboxylic acids is 1. The summed E-state index contributed by atoms with van der Waals surface area (Å²) in [5.74, 6) is -3.08. The van der Waals surface area contributed by atoms with Gasteiger partial charge in [0.25, 0.3) is 0 Å². The number of nitrogens with one attached hydrogen (secondary N) is 1. The second kappa shape index (κ2) is 8.05. The van der Waals surface area contributed by atoms with Gasteiger partial charge in [0.15, 0.2) is 0 Å². The Bertz CT molecular complexity index is 557. The molecule has 1 fully saturated rings. The minimum absolute atomic E-state index is 0. The van der Waals surface area contributed by atoms with Crippen molar-refractivity contribution in [1.82, 2.24) is 4.90 Å². The maximum absolute atomic E-state index is 13.4. The summed E-state index contributed by atoms with van der Waals surface area (Å²) >= 11 is 0. The quantitative estimate of drug-likeness (QED) is 0.886. The minimum Gasteiger partial charge on any atom is -0.480 e. The van der Waals surface area contributed by atoms with Crippen LogP contribution >= 0.6 is 12.4 Å². The molecule has 0 aromatic heterocycles. The van der Waals surface area contributed by atoms with E-state index in [0.717, 1.165) is 25.0 Å². The van der Waals surface area contributed by atoms with Crippen molar-refractivity contribution >= 4 is 30.0 Å². The molecule has 0 bridgehead atoms. The smallest absolute Gasteiger partial charge is 0.320 e. The van der Waals surface area contributed by atoms with Gasteiger partial charge in [-0.25, -0.2) is 8.78 Å². The molecule has 1 aliphatic heterocycles. The number of piperidine rings is 1. The number of amides is 1. The summed E-state index contributed by atoms with van der Waals surface area (Å²) in [5.41, 5.74) is -0.120. The van der Waals surface area contributed by atoms with E-state index >= 15 is 0 Å². The maximum Gasteiger partial charge on any atom is 0.320 e. The van der Waals surface area contributed by atoms with E-state index in [1.165, 1.54) is 0 Å². The topological polar surface area (TPSA) is 69.6 Å². The van der Waals surface area contributed by atoms with Crippen LogP contribution in [0.4, 0.5) is 14.5 Å². The highest BCUT2D eigenvalue weighted by Crippen LogP contribution is 2.18. The van der Waals surface area contributed by atoms with Crippen molar-refractivity contribution in [2.24, 2.45) is 0 Å². The van der Waals surface area contributed by atoms with E-state index in [4.69, 9.17) is 5.11 Å². The fourth-order valence-corrected chi connectivity index (χ4v) is 2.42. The molecule has 1 unspecified atom stereocenters. The number of rotatable bonds is 4. The van der Waals surface area contributed by atoms with Crippen molar-refractivity contribution in [3.8, 4) is 0 Å². The molecule has 1 heterocycles. The van der Waals surface area contributed by atoms with E-state index in [0.29, 0.717) is 19.0 Å². The van der Waals surface area contributed by atoms with Crippen LogP contribution in [0, 0.1) is 11.6 Å². The van der Waals surface area contributed by atoms with Crippen LogP contribution in [0.3, 0.4) is 0 Å². The van der Waals surface area contributed by atoms with Gasteiger partial charge in [0.05, 0.1) is 12.2 Å². The van der Waals surface area contributed by atoms with Gasteiger partial charge in [-0.15, -0.1) is 12.4 Å². The highest BCUT2D eigenvalue weighted by Gasteiger charge is 2.29. The number of carboxylic acid groups (broad SMARTS) is 1. The molecule has 2 N–H and O–H groups in total. The first-order chi connectivity index (χ1) is 9.97.